The van der Waals surface area contributed by atoms with Crippen LogP contribution >= 0.6 is 0 Å². The van der Waals surface area contributed by atoms with E-state index in [9.17, 15) is 19.2 Å². The summed E-state index contributed by atoms with van der Waals surface area (Å²) in [6.07, 6.45) is 0. The normalized spacial score (nSPS) is 40.7. The molecule has 2 saturated heterocycles. The van der Waals surface area contributed by atoms with Gasteiger partial charge in [0.2, 0.25) is 23.6 Å². The fourth-order valence-electron chi connectivity index (χ4n) is 3.08. The van der Waals surface area contributed by atoms with Gasteiger partial charge in [0.05, 0.1) is 23.7 Å². The first-order valence-corrected chi connectivity index (χ1v) is 5.28. The SMILES string of the molecule is CCN1C(=O)C2C3C(=O)NC(=O)C3C2C1=O. The molecule has 3 rings (SSSR count). The van der Waals surface area contributed by atoms with Gasteiger partial charge in [-0.15, -0.1) is 0 Å². The molecule has 1 N–H and O–H groups in total. The van der Waals surface area contributed by atoms with Crippen LogP contribution in [0.5, 0.6) is 0 Å². The Labute approximate surface area is 91.0 Å². The molecule has 0 aromatic rings. The lowest BCUT2D eigenvalue weighted by Gasteiger charge is -2.36. The van der Waals surface area contributed by atoms with Crippen LogP contribution in [-0.4, -0.2) is 35.1 Å². The molecule has 16 heavy (non-hydrogen) atoms. The number of rotatable bonds is 1. The molecule has 4 unspecified atom stereocenters. The predicted molar refractivity (Wildman–Crippen MR) is 49.5 cm³/mol. The highest BCUT2D eigenvalue weighted by atomic mass is 16.2. The summed E-state index contributed by atoms with van der Waals surface area (Å²) in [5.41, 5.74) is 0. The molecule has 4 atom stereocenters. The summed E-state index contributed by atoms with van der Waals surface area (Å²) in [4.78, 5) is 47.6. The first kappa shape index (κ1) is 9.50. The Hall–Kier alpha value is -1.72. The summed E-state index contributed by atoms with van der Waals surface area (Å²) in [7, 11) is 0. The summed E-state index contributed by atoms with van der Waals surface area (Å²) in [6, 6.07) is 0. The lowest BCUT2D eigenvalue weighted by atomic mass is 9.59. The average Bonchev–Trinajstić information content (AvgIpc) is 2.47. The Bertz CT molecular complexity index is 406. The van der Waals surface area contributed by atoms with Crippen LogP contribution in [0.4, 0.5) is 0 Å². The van der Waals surface area contributed by atoms with Crippen LogP contribution < -0.4 is 5.32 Å². The molecule has 3 fully saturated rings. The van der Waals surface area contributed by atoms with Gasteiger partial charge in [-0.2, -0.15) is 0 Å². The first-order valence-electron chi connectivity index (χ1n) is 5.28. The fourth-order valence-corrected chi connectivity index (χ4v) is 3.08. The largest absolute Gasteiger partial charge is 0.296 e. The van der Waals surface area contributed by atoms with Crippen molar-refractivity contribution in [3.8, 4) is 0 Å². The van der Waals surface area contributed by atoms with Gasteiger partial charge in [-0.1, -0.05) is 0 Å². The number of carbonyl (C=O) groups excluding carboxylic acids is 4. The predicted octanol–water partition coefficient (Wildman–Crippen LogP) is -1.49. The Morgan fingerprint density at radius 3 is 1.75 bits per heavy atom. The first-order chi connectivity index (χ1) is 7.57. The van der Waals surface area contributed by atoms with Crippen LogP contribution in [0.3, 0.4) is 0 Å². The second-order valence-corrected chi connectivity index (χ2v) is 4.38. The van der Waals surface area contributed by atoms with Gasteiger partial charge in [-0.3, -0.25) is 29.4 Å². The molecule has 0 aromatic carbocycles. The maximum Gasteiger partial charge on any atom is 0.233 e. The van der Waals surface area contributed by atoms with E-state index in [4.69, 9.17) is 0 Å². The lowest BCUT2D eigenvalue weighted by Crippen LogP contribution is -2.50. The highest BCUT2D eigenvalue weighted by molar-refractivity contribution is 6.17. The van der Waals surface area contributed by atoms with E-state index >= 15 is 0 Å². The van der Waals surface area contributed by atoms with E-state index in [1.165, 1.54) is 0 Å². The molecule has 3 aliphatic rings. The number of nitrogens with zero attached hydrogens (tertiary/aromatic N) is 1. The van der Waals surface area contributed by atoms with Gasteiger partial charge in [-0.05, 0) is 6.92 Å². The number of carbonyl (C=O) groups is 4. The number of amides is 4. The summed E-state index contributed by atoms with van der Waals surface area (Å²) in [5.74, 6) is -3.82. The molecular weight excluding hydrogens is 212 g/mol. The van der Waals surface area contributed by atoms with Crippen molar-refractivity contribution in [2.75, 3.05) is 6.54 Å². The molecule has 1 saturated carbocycles. The van der Waals surface area contributed by atoms with Crippen molar-refractivity contribution in [3.05, 3.63) is 0 Å². The van der Waals surface area contributed by atoms with Gasteiger partial charge >= 0.3 is 0 Å². The Balaban J connectivity index is 2.00. The molecule has 0 bridgehead atoms. The second-order valence-electron chi connectivity index (χ2n) is 4.38. The van der Waals surface area contributed by atoms with Gasteiger partial charge in [0.25, 0.3) is 0 Å². The number of likely N-dealkylation sites (tertiary alicyclic amines) is 1. The maximum absolute atomic E-state index is 11.8. The van der Waals surface area contributed by atoms with E-state index < -0.39 is 35.5 Å². The Morgan fingerprint density at radius 1 is 0.938 bits per heavy atom. The van der Waals surface area contributed by atoms with Crippen molar-refractivity contribution in [1.29, 1.82) is 0 Å². The summed E-state index contributed by atoms with van der Waals surface area (Å²) < 4.78 is 0. The molecule has 0 spiro atoms. The molecule has 6 nitrogen and oxygen atoms in total. The van der Waals surface area contributed by atoms with Crippen LogP contribution in [-0.2, 0) is 19.2 Å². The van der Waals surface area contributed by atoms with Gasteiger partial charge in [-0.25, -0.2) is 0 Å². The number of hydrogen-bond donors (Lipinski definition) is 1. The zero-order chi connectivity index (χ0) is 11.6. The molecule has 0 aromatic heterocycles. The van der Waals surface area contributed by atoms with Crippen molar-refractivity contribution >= 4 is 23.6 Å². The van der Waals surface area contributed by atoms with Crippen LogP contribution in [0.15, 0.2) is 0 Å². The van der Waals surface area contributed by atoms with Crippen molar-refractivity contribution in [2.45, 2.75) is 6.92 Å². The standard InChI is InChI=1S/C10H10N2O4/c1-2-12-9(15)5-3-4(6(5)10(12)16)8(14)11-7(3)13/h3-6H,2H2,1H3,(H,11,13,14). The molecule has 2 heterocycles. The highest BCUT2D eigenvalue weighted by Gasteiger charge is 2.71. The fraction of sp³-hybridized carbons (Fsp3) is 0.600. The molecule has 84 valence electrons. The molecule has 4 amide bonds. The number of fused-ring (bicyclic) bond motifs is 4. The van der Waals surface area contributed by atoms with Crippen molar-refractivity contribution in [2.24, 2.45) is 23.7 Å². The third-order valence-electron chi connectivity index (χ3n) is 3.82. The summed E-state index contributed by atoms with van der Waals surface area (Å²) in [5, 5.41) is 2.18. The molecule has 0 radical (unpaired) electrons. The summed E-state index contributed by atoms with van der Waals surface area (Å²) >= 11 is 0. The lowest BCUT2D eigenvalue weighted by molar-refractivity contribution is -0.146. The second kappa shape index (κ2) is 2.69. The van der Waals surface area contributed by atoms with Crippen molar-refractivity contribution in [3.63, 3.8) is 0 Å². The van der Waals surface area contributed by atoms with E-state index in [0.29, 0.717) is 6.54 Å². The minimum absolute atomic E-state index is 0.302. The minimum Gasteiger partial charge on any atom is -0.296 e. The number of nitrogens with one attached hydrogen (secondary N) is 1. The number of hydrogen-bond acceptors (Lipinski definition) is 4. The van der Waals surface area contributed by atoms with E-state index in [-0.39, 0.29) is 11.8 Å². The molecule has 1 aliphatic carbocycles. The van der Waals surface area contributed by atoms with E-state index in [1.807, 2.05) is 0 Å². The molecule has 6 heteroatoms. The zero-order valence-corrected chi connectivity index (χ0v) is 8.60. The topological polar surface area (TPSA) is 83.6 Å². The van der Waals surface area contributed by atoms with E-state index in [0.717, 1.165) is 4.90 Å². The Kier molecular flexibility index (Phi) is 1.60. The third-order valence-corrected chi connectivity index (χ3v) is 3.82. The van der Waals surface area contributed by atoms with Gasteiger partial charge in [0.15, 0.2) is 0 Å². The van der Waals surface area contributed by atoms with Crippen molar-refractivity contribution < 1.29 is 19.2 Å². The van der Waals surface area contributed by atoms with Crippen LogP contribution in [0, 0.1) is 23.7 Å². The molecular formula is C10H10N2O4. The van der Waals surface area contributed by atoms with Crippen molar-refractivity contribution in [1.82, 2.24) is 10.2 Å². The van der Waals surface area contributed by atoms with E-state index in [1.54, 1.807) is 6.92 Å². The number of imide groups is 2. The smallest absolute Gasteiger partial charge is 0.233 e. The maximum atomic E-state index is 11.8. The van der Waals surface area contributed by atoms with Crippen LogP contribution in [0.25, 0.3) is 0 Å². The van der Waals surface area contributed by atoms with Gasteiger partial charge in [0, 0.05) is 6.54 Å². The third kappa shape index (κ3) is 0.797. The van der Waals surface area contributed by atoms with Gasteiger partial charge in [0.1, 0.15) is 0 Å². The quantitative estimate of drug-likeness (QED) is 0.548. The van der Waals surface area contributed by atoms with Gasteiger partial charge < -0.3 is 0 Å². The monoisotopic (exact) mass is 222 g/mol. The van der Waals surface area contributed by atoms with Crippen LogP contribution in [0.2, 0.25) is 0 Å². The Morgan fingerprint density at radius 2 is 1.38 bits per heavy atom. The highest BCUT2D eigenvalue weighted by Crippen LogP contribution is 2.54. The average molecular weight is 222 g/mol. The molecule has 2 aliphatic heterocycles. The van der Waals surface area contributed by atoms with E-state index in [2.05, 4.69) is 5.32 Å². The zero-order valence-electron chi connectivity index (χ0n) is 8.60. The minimum atomic E-state index is -0.606. The van der Waals surface area contributed by atoms with Crippen LogP contribution in [0.1, 0.15) is 6.92 Å². The summed E-state index contributed by atoms with van der Waals surface area (Å²) in [6.45, 7) is 2.01.